The molecule has 136 valence electrons. The van der Waals surface area contributed by atoms with Crippen molar-refractivity contribution in [3.63, 3.8) is 0 Å². The quantitative estimate of drug-likeness (QED) is 0.516. The number of ether oxygens (including phenoxy) is 1. The van der Waals surface area contributed by atoms with Crippen LogP contribution in [0.3, 0.4) is 0 Å². The van der Waals surface area contributed by atoms with Crippen molar-refractivity contribution in [1.29, 1.82) is 0 Å². The molecule has 0 N–H and O–H groups in total. The Morgan fingerprint density at radius 3 is 2.52 bits per heavy atom. The van der Waals surface area contributed by atoms with E-state index in [1.807, 2.05) is 10.6 Å². The molecule has 3 aromatic rings. The fourth-order valence-electron chi connectivity index (χ4n) is 2.69. The molecular formula is C21H18N2O3S. The maximum atomic E-state index is 12.6. The second-order valence-electron chi connectivity index (χ2n) is 5.82. The number of fused-ring (bicyclic) bond motifs is 1. The van der Waals surface area contributed by atoms with Gasteiger partial charge in [-0.1, -0.05) is 30.2 Å². The summed E-state index contributed by atoms with van der Waals surface area (Å²) in [4.78, 5) is 28.9. The lowest BCUT2D eigenvalue weighted by Gasteiger charge is -2.01. The van der Waals surface area contributed by atoms with Gasteiger partial charge in [-0.25, -0.2) is 4.79 Å². The van der Waals surface area contributed by atoms with Gasteiger partial charge in [0.05, 0.1) is 29.4 Å². The van der Waals surface area contributed by atoms with E-state index in [9.17, 15) is 9.59 Å². The van der Waals surface area contributed by atoms with Crippen LogP contribution in [-0.4, -0.2) is 23.6 Å². The van der Waals surface area contributed by atoms with Crippen LogP contribution in [0.4, 0.5) is 0 Å². The zero-order valence-electron chi connectivity index (χ0n) is 15.1. The number of thiazole rings is 1. The Labute approximate surface area is 160 Å². The molecule has 0 bridgehead atoms. The Bertz CT molecular complexity index is 1120. The molecule has 0 fully saturated rings. The number of aromatic nitrogens is 1. The highest BCUT2D eigenvalue weighted by molar-refractivity contribution is 7.16. The number of amides is 1. The number of rotatable bonds is 4. The van der Waals surface area contributed by atoms with Gasteiger partial charge < -0.3 is 9.30 Å². The van der Waals surface area contributed by atoms with Crippen LogP contribution in [-0.2, 0) is 17.7 Å². The van der Waals surface area contributed by atoms with Gasteiger partial charge in [-0.3, -0.25) is 4.79 Å². The summed E-state index contributed by atoms with van der Waals surface area (Å²) in [6, 6.07) is 12.4. The number of nitrogens with zero attached hydrogens (tertiary/aromatic N) is 2. The Kier molecular flexibility index (Phi) is 5.53. The highest BCUT2D eigenvalue weighted by atomic mass is 32.1. The molecule has 0 spiro atoms. The molecule has 5 nitrogen and oxygen atoms in total. The highest BCUT2D eigenvalue weighted by Crippen LogP contribution is 2.20. The van der Waals surface area contributed by atoms with E-state index in [-0.39, 0.29) is 5.91 Å². The number of aryl methyl sites for hydroxylation is 1. The van der Waals surface area contributed by atoms with Crippen LogP contribution < -0.4 is 4.80 Å². The zero-order chi connectivity index (χ0) is 19.4. The summed E-state index contributed by atoms with van der Waals surface area (Å²) in [5.41, 5.74) is 2.95. The molecule has 27 heavy (non-hydrogen) atoms. The van der Waals surface area contributed by atoms with Crippen molar-refractivity contribution in [1.82, 2.24) is 4.57 Å². The molecule has 1 heterocycles. The molecule has 0 saturated heterocycles. The number of methoxy groups -OCH3 is 1. The second kappa shape index (κ2) is 8.02. The summed E-state index contributed by atoms with van der Waals surface area (Å²) in [6.07, 6.45) is 6.43. The number of hydrogen-bond donors (Lipinski definition) is 0. The Balaban J connectivity index is 2.03. The first-order valence-electron chi connectivity index (χ1n) is 8.40. The number of benzene rings is 2. The molecule has 1 aromatic heterocycles. The summed E-state index contributed by atoms with van der Waals surface area (Å²) in [5.74, 6) is 1.78. The van der Waals surface area contributed by atoms with Crippen molar-refractivity contribution < 1.29 is 14.3 Å². The molecule has 0 unspecified atom stereocenters. The van der Waals surface area contributed by atoms with E-state index >= 15 is 0 Å². The van der Waals surface area contributed by atoms with Crippen molar-refractivity contribution in [3.05, 3.63) is 64.0 Å². The molecule has 0 aliphatic heterocycles. The summed E-state index contributed by atoms with van der Waals surface area (Å²) in [6.45, 7) is 2.43. The minimum absolute atomic E-state index is 0.332. The third-order valence-electron chi connectivity index (χ3n) is 4.15. The van der Waals surface area contributed by atoms with Gasteiger partial charge in [-0.2, -0.15) is 4.99 Å². The van der Waals surface area contributed by atoms with E-state index in [0.29, 0.717) is 22.5 Å². The fraction of sp³-hybridized carbons (Fsp3) is 0.190. The minimum Gasteiger partial charge on any atom is -0.465 e. The topological polar surface area (TPSA) is 60.7 Å². The van der Waals surface area contributed by atoms with Gasteiger partial charge >= 0.3 is 5.97 Å². The molecule has 2 aromatic carbocycles. The SMILES string of the molecule is C#CCn1c(=NC(=O)c2ccc(C(=O)OC)cc2)sc2cc(CC)ccc21. The Morgan fingerprint density at radius 1 is 1.19 bits per heavy atom. The Hall–Kier alpha value is -3.17. The van der Waals surface area contributed by atoms with Crippen LogP contribution in [0.15, 0.2) is 47.5 Å². The van der Waals surface area contributed by atoms with Gasteiger partial charge in [0.15, 0.2) is 4.80 Å². The van der Waals surface area contributed by atoms with E-state index < -0.39 is 5.97 Å². The van der Waals surface area contributed by atoms with E-state index in [1.165, 1.54) is 24.0 Å². The van der Waals surface area contributed by atoms with E-state index in [0.717, 1.165) is 16.6 Å². The predicted octanol–water partition coefficient (Wildman–Crippen LogP) is 3.43. The third kappa shape index (κ3) is 3.83. The number of esters is 1. The summed E-state index contributed by atoms with van der Waals surface area (Å²) in [7, 11) is 1.31. The van der Waals surface area contributed by atoms with Crippen LogP contribution >= 0.6 is 11.3 Å². The van der Waals surface area contributed by atoms with Gasteiger partial charge in [0.1, 0.15) is 0 Å². The van der Waals surface area contributed by atoms with Crippen LogP contribution in [0.1, 0.15) is 33.2 Å². The summed E-state index contributed by atoms with van der Waals surface area (Å²) < 4.78 is 7.56. The van der Waals surface area contributed by atoms with Gasteiger partial charge in [0.25, 0.3) is 5.91 Å². The average Bonchev–Trinajstić information content (AvgIpc) is 3.03. The number of carbonyl (C=O) groups is 2. The molecule has 3 rings (SSSR count). The van der Waals surface area contributed by atoms with Gasteiger partial charge in [-0.15, -0.1) is 6.42 Å². The monoisotopic (exact) mass is 378 g/mol. The molecular weight excluding hydrogens is 360 g/mol. The highest BCUT2D eigenvalue weighted by Gasteiger charge is 2.11. The van der Waals surface area contributed by atoms with Gasteiger partial charge in [-0.05, 0) is 48.4 Å². The van der Waals surface area contributed by atoms with Crippen LogP contribution in [0.25, 0.3) is 10.2 Å². The lowest BCUT2D eigenvalue weighted by atomic mass is 10.1. The normalized spacial score (nSPS) is 11.4. The molecule has 1 amide bonds. The Morgan fingerprint density at radius 2 is 1.89 bits per heavy atom. The van der Waals surface area contributed by atoms with Crippen LogP contribution in [0.5, 0.6) is 0 Å². The third-order valence-corrected chi connectivity index (χ3v) is 5.20. The smallest absolute Gasteiger partial charge is 0.337 e. The maximum absolute atomic E-state index is 12.6. The minimum atomic E-state index is -0.450. The number of carbonyl (C=O) groups excluding carboxylic acids is 2. The van der Waals surface area contributed by atoms with Crippen molar-refractivity contribution in [2.75, 3.05) is 7.11 Å². The van der Waals surface area contributed by atoms with Crippen molar-refractivity contribution in [3.8, 4) is 12.3 Å². The standard InChI is InChI=1S/C21H18N2O3S/c1-4-12-23-17-11-6-14(5-2)13-18(17)27-21(23)22-19(24)15-7-9-16(10-8-15)20(25)26-3/h1,6-11,13H,5,12H2,2-3H3. The summed E-state index contributed by atoms with van der Waals surface area (Å²) >= 11 is 1.43. The van der Waals surface area contributed by atoms with E-state index in [2.05, 4.69) is 34.7 Å². The largest absolute Gasteiger partial charge is 0.465 e. The first-order chi connectivity index (χ1) is 13.1. The van der Waals surface area contributed by atoms with Gasteiger partial charge in [0, 0.05) is 5.56 Å². The summed E-state index contributed by atoms with van der Waals surface area (Å²) in [5, 5.41) is 0. The fourth-order valence-corrected chi connectivity index (χ4v) is 3.78. The lowest BCUT2D eigenvalue weighted by Crippen LogP contribution is -2.16. The van der Waals surface area contributed by atoms with Crippen molar-refractivity contribution >= 4 is 33.4 Å². The molecule has 0 atom stereocenters. The van der Waals surface area contributed by atoms with Crippen molar-refractivity contribution in [2.24, 2.45) is 4.99 Å². The number of terminal acetylenes is 1. The molecule has 0 aliphatic rings. The first-order valence-corrected chi connectivity index (χ1v) is 9.22. The van der Waals surface area contributed by atoms with E-state index in [1.54, 1.807) is 24.3 Å². The van der Waals surface area contributed by atoms with Crippen LogP contribution in [0.2, 0.25) is 0 Å². The average molecular weight is 378 g/mol. The lowest BCUT2D eigenvalue weighted by molar-refractivity contribution is 0.0600. The zero-order valence-corrected chi connectivity index (χ0v) is 15.9. The molecule has 0 aliphatic carbocycles. The predicted molar refractivity (Wildman–Crippen MR) is 106 cm³/mol. The second-order valence-corrected chi connectivity index (χ2v) is 6.83. The van der Waals surface area contributed by atoms with Gasteiger partial charge in [0.2, 0.25) is 0 Å². The number of hydrogen-bond acceptors (Lipinski definition) is 4. The van der Waals surface area contributed by atoms with Crippen molar-refractivity contribution in [2.45, 2.75) is 19.9 Å². The van der Waals surface area contributed by atoms with E-state index in [4.69, 9.17) is 6.42 Å². The maximum Gasteiger partial charge on any atom is 0.337 e. The molecule has 6 heteroatoms. The molecule has 0 radical (unpaired) electrons. The van der Waals surface area contributed by atoms with Crippen LogP contribution in [0, 0.1) is 12.3 Å². The first kappa shape index (κ1) is 18.6. The molecule has 0 saturated carbocycles.